The highest BCUT2D eigenvalue weighted by Gasteiger charge is 2.75. The number of carbonyl (C=O) groups excluding carboxylic acids is 1. The van der Waals surface area contributed by atoms with Crippen molar-refractivity contribution >= 4 is 5.91 Å². The fourth-order valence-corrected chi connectivity index (χ4v) is 9.10. The number of ether oxygens (including phenoxy) is 1. The molecule has 0 aromatic heterocycles. The van der Waals surface area contributed by atoms with Gasteiger partial charge in [-0.15, -0.1) is 0 Å². The van der Waals surface area contributed by atoms with Crippen molar-refractivity contribution in [3.63, 3.8) is 0 Å². The second kappa shape index (κ2) is 9.22. The molecule has 6 heteroatoms. The number of phenols is 1. The lowest BCUT2D eigenvalue weighted by atomic mass is 9.45. The van der Waals surface area contributed by atoms with Crippen LogP contribution >= 0.6 is 0 Å². The van der Waals surface area contributed by atoms with Crippen molar-refractivity contribution in [1.29, 1.82) is 0 Å². The quantitative estimate of drug-likeness (QED) is 0.530. The van der Waals surface area contributed by atoms with E-state index in [9.17, 15) is 15.0 Å². The first kappa shape index (κ1) is 26.3. The zero-order valence-corrected chi connectivity index (χ0v) is 24.4. The molecule has 5 aliphatic rings. The first-order valence-electron chi connectivity index (χ1n) is 15.5. The number of likely N-dealkylation sites (tertiary alicyclic amines) is 1. The largest absolute Gasteiger partial charge is 0.504 e. The maximum atomic E-state index is 13.7. The average Bonchev–Trinajstić information content (AvgIpc) is 3.68. The summed E-state index contributed by atoms with van der Waals surface area (Å²) in [6.45, 7) is 8.40. The SMILES string of the molecule is CCC1CC(N(C)C(=O)CCc2ccc(C)c(C)c2)C2Oc3c(O)ccc4c3[C@@]23CCN(CC2CC2)[C@H](C4)[C@]13O. The Hall–Kier alpha value is -2.57. The summed E-state index contributed by atoms with van der Waals surface area (Å²) < 4.78 is 6.75. The molecule has 214 valence electrons. The molecule has 1 saturated heterocycles. The third-order valence-corrected chi connectivity index (χ3v) is 11.5. The molecule has 6 atom stereocenters. The van der Waals surface area contributed by atoms with Gasteiger partial charge in [-0.05, 0) is 99.1 Å². The Balaban J connectivity index is 1.24. The Bertz CT molecular complexity index is 1350. The van der Waals surface area contributed by atoms with Crippen molar-refractivity contribution in [2.24, 2.45) is 11.8 Å². The first-order chi connectivity index (χ1) is 19.2. The summed E-state index contributed by atoms with van der Waals surface area (Å²) in [4.78, 5) is 18.2. The molecule has 2 saturated carbocycles. The molecule has 2 aromatic rings. The van der Waals surface area contributed by atoms with Gasteiger partial charge in [-0.25, -0.2) is 0 Å². The number of aliphatic hydroxyl groups is 1. The Morgan fingerprint density at radius 3 is 2.70 bits per heavy atom. The van der Waals surface area contributed by atoms with E-state index in [1.54, 1.807) is 6.07 Å². The van der Waals surface area contributed by atoms with E-state index < -0.39 is 11.0 Å². The summed E-state index contributed by atoms with van der Waals surface area (Å²) in [7, 11) is 1.93. The lowest BCUT2D eigenvalue weighted by Crippen LogP contribution is -2.81. The van der Waals surface area contributed by atoms with Crippen LogP contribution in [-0.4, -0.2) is 69.8 Å². The molecular formula is C34H44N2O4. The molecule has 2 heterocycles. The van der Waals surface area contributed by atoms with E-state index in [-0.39, 0.29) is 35.8 Å². The van der Waals surface area contributed by atoms with E-state index in [1.165, 1.54) is 35.1 Å². The van der Waals surface area contributed by atoms with E-state index in [0.29, 0.717) is 25.0 Å². The number of aryl methyl sites for hydroxylation is 3. The minimum atomic E-state index is -0.953. The van der Waals surface area contributed by atoms with Crippen molar-refractivity contribution in [1.82, 2.24) is 9.80 Å². The number of rotatable bonds is 7. The normalized spacial score (nSPS) is 33.8. The van der Waals surface area contributed by atoms with E-state index in [4.69, 9.17) is 4.74 Å². The Morgan fingerprint density at radius 2 is 1.98 bits per heavy atom. The zero-order valence-electron chi connectivity index (χ0n) is 24.4. The van der Waals surface area contributed by atoms with Gasteiger partial charge in [0.2, 0.25) is 5.91 Å². The van der Waals surface area contributed by atoms with Crippen molar-refractivity contribution in [3.05, 3.63) is 58.1 Å². The van der Waals surface area contributed by atoms with Crippen molar-refractivity contribution in [3.8, 4) is 11.5 Å². The van der Waals surface area contributed by atoms with Gasteiger partial charge in [-0.2, -0.15) is 0 Å². The fraction of sp³-hybridized carbons (Fsp3) is 0.618. The van der Waals surface area contributed by atoms with E-state index in [1.807, 2.05) is 11.9 Å². The third-order valence-electron chi connectivity index (χ3n) is 11.5. The molecule has 1 amide bonds. The van der Waals surface area contributed by atoms with Gasteiger partial charge in [0.25, 0.3) is 0 Å². The summed E-state index contributed by atoms with van der Waals surface area (Å²) >= 11 is 0. The summed E-state index contributed by atoms with van der Waals surface area (Å²) in [6.07, 6.45) is 6.50. The van der Waals surface area contributed by atoms with E-state index >= 15 is 0 Å². The standard InChI is InChI=1S/C34H44N2O4/c1-5-25-18-26(35(4)29(38)13-10-22-7-6-20(2)21(3)16-22)32-33-14-15-36(19-23-8-9-23)28(34(25,33)39)17-24-11-12-27(37)31(40-32)30(24)33/h6-7,11-12,16,23,25-26,28,32,37,39H,5,8-10,13-15,17-19H2,1-4H3/t25?,26?,28-,32?,33+,34-/m1/s1. The monoisotopic (exact) mass is 544 g/mol. The van der Waals surface area contributed by atoms with Crippen LogP contribution in [0.4, 0.5) is 0 Å². The van der Waals surface area contributed by atoms with Crippen LogP contribution in [0.5, 0.6) is 11.5 Å². The number of carbonyl (C=O) groups is 1. The van der Waals surface area contributed by atoms with Crippen LogP contribution < -0.4 is 4.74 Å². The van der Waals surface area contributed by atoms with Crippen LogP contribution in [0.1, 0.15) is 73.3 Å². The number of hydrogen-bond donors (Lipinski definition) is 2. The average molecular weight is 545 g/mol. The molecule has 1 spiro atoms. The van der Waals surface area contributed by atoms with E-state index in [0.717, 1.165) is 43.8 Å². The molecule has 3 aliphatic carbocycles. The number of aromatic hydroxyl groups is 1. The van der Waals surface area contributed by atoms with Gasteiger partial charge in [0, 0.05) is 31.6 Å². The molecule has 3 fully saturated rings. The Morgan fingerprint density at radius 1 is 1.18 bits per heavy atom. The molecule has 40 heavy (non-hydrogen) atoms. The molecule has 3 unspecified atom stereocenters. The molecule has 6 nitrogen and oxygen atoms in total. The van der Waals surface area contributed by atoms with E-state index in [2.05, 4.69) is 49.9 Å². The predicted molar refractivity (Wildman–Crippen MR) is 155 cm³/mol. The summed E-state index contributed by atoms with van der Waals surface area (Å²) in [6, 6.07) is 10.1. The molecular weight excluding hydrogens is 500 g/mol. The number of nitrogens with zero attached hydrogens (tertiary/aromatic N) is 2. The number of benzene rings is 2. The van der Waals surface area contributed by atoms with Gasteiger partial charge in [0.15, 0.2) is 11.5 Å². The maximum absolute atomic E-state index is 13.7. The number of piperidine rings is 1. The number of amides is 1. The summed E-state index contributed by atoms with van der Waals surface area (Å²) in [5.74, 6) is 1.61. The van der Waals surface area contributed by atoms with Crippen molar-refractivity contribution < 1.29 is 19.7 Å². The lowest BCUT2D eigenvalue weighted by molar-refractivity contribution is -0.229. The van der Waals surface area contributed by atoms with Gasteiger partial charge in [-0.1, -0.05) is 37.6 Å². The van der Waals surface area contributed by atoms with Crippen LogP contribution in [0.15, 0.2) is 30.3 Å². The highest BCUT2D eigenvalue weighted by atomic mass is 16.5. The zero-order chi connectivity index (χ0) is 28.0. The van der Waals surface area contributed by atoms with Gasteiger partial charge < -0.3 is 19.8 Å². The van der Waals surface area contributed by atoms with Gasteiger partial charge in [0.1, 0.15) is 6.10 Å². The van der Waals surface area contributed by atoms with Crippen LogP contribution in [0.3, 0.4) is 0 Å². The van der Waals surface area contributed by atoms with Crippen LogP contribution in [0.25, 0.3) is 0 Å². The minimum absolute atomic E-state index is 0.0348. The second-order valence-electron chi connectivity index (χ2n) is 13.5. The van der Waals surface area contributed by atoms with Gasteiger partial charge >= 0.3 is 0 Å². The first-order valence-corrected chi connectivity index (χ1v) is 15.5. The smallest absolute Gasteiger partial charge is 0.223 e. The Labute approximate surface area is 238 Å². The van der Waals surface area contributed by atoms with Crippen LogP contribution in [-0.2, 0) is 23.1 Å². The minimum Gasteiger partial charge on any atom is -0.504 e. The van der Waals surface area contributed by atoms with Crippen LogP contribution in [0, 0.1) is 25.7 Å². The van der Waals surface area contributed by atoms with Crippen LogP contribution in [0.2, 0.25) is 0 Å². The highest BCUT2D eigenvalue weighted by Crippen LogP contribution is 2.67. The third kappa shape index (κ3) is 3.57. The fourth-order valence-electron chi connectivity index (χ4n) is 9.10. The molecule has 2 aromatic carbocycles. The predicted octanol–water partition coefficient (Wildman–Crippen LogP) is 4.67. The summed E-state index contributed by atoms with van der Waals surface area (Å²) in [5, 5.41) is 24.1. The van der Waals surface area contributed by atoms with Gasteiger partial charge in [-0.3, -0.25) is 9.69 Å². The lowest BCUT2D eigenvalue weighted by Gasteiger charge is -2.67. The highest BCUT2D eigenvalue weighted by molar-refractivity contribution is 5.77. The summed E-state index contributed by atoms with van der Waals surface area (Å²) in [5.41, 5.74) is 4.36. The van der Waals surface area contributed by atoms with Gasteiger partial charge in [0.05, 0.1) is 17.1 Å². The molecule has 2 bridgehead atoms. The number of hydrogen-bond acceptors (Lipinski definition) is 5. The number of phenolic OH excluding ortho intramolecular Hbond substituents is 1. The maximum Gasteiger partial charge on any atom is 0.223 e. The molecule has 0 radical (unpaired) electrons. The number of likely N-dealkylation sites (N-methyl/N-ethyl adjacent to an activating group) is 1. The second-order valence-corrected chi connectivity index (χ2v) is 13.5. The van der Waals surface area contributed by atoms with Crippen molar-refractivity contribution in [2.75, 3.05) is 20.1 Å². The molecule has 7 rings (SSSR count). The molecule has 2 N–H and O–H groups in total. The molecule has 2 aliphatic heterocycles. The topological polar surface area (TPSA) is 73.2 Å². The van der Waals surface area contributed by atoms with Crippen molar-refractivity contribution in [2.45, 2.75) is 101 Å². The Kier molecular flexibility index (Phi) is 6.07.